The van der Waals surface area contributed by atoms with Gasteiger partial charge in [0.2, 0.25) is 0 Å². The fraction of sp³-hybridized carbons (Fsp3) is 0.355. The van der Waals surface area contributed by atoms with Crippen LogP contribution in [-0.2, 0) is 17.8 Å². The summed E-state index contributed by atoms with van der Waals surface area (Å²) >= 11 is 6.04. The van der Waals surface area contributed by atoms with Crippen molar-refractivity contribution < 1.29 is 19.4 Å². The van der Waals surface area contributed by atoms with Crippen molar-refractivity contribution in [3.63, 3.8) is 0 Å². The van der Waals surface area contributed by atoms with Gasteiger partial charge < -0.3 is 19.1 Å². The number of rotatable bonds is 7. The highest BCUT2D eigenvalue weighted by atomic mass is 35.5. The Kier molecular flexibility index (Phi) is 6.94. The van der Waals surface area contributed by atoms with Crippen molar-refractivity contribution >= 4 is 34.8 Å². The molecular weight excluding hydrogens is 542 g/mol. The van der Waals surface area contributed by atoms with Gasteiger partial charge in [0, 0.05) is 18.4 Å². The second-order valence-corrected chi connectivity index (χ2v) is 11.3. The van der Waals surface area contributed by atoms with E-state index in [2.05, 4.69) is 43.7 Å². The van der Waals surface area contributed by atoms with Crippen LogP contribution in [0.2, 0.25) is 5.02 Å². The van der Waals surface area contributed by atoms with E-state index in [9.17, 15) is 9.90 Å². The zero-order chi connectivity index (χ0) is 27.9. The predicted octanol–water partition coefficient (Wildman–Crippen LogP) is 5.49. The molecule has 3 aromatic heterocycles. The average Bonchev–Trinajstić information content (AvgIpc) is 3.31. The first-order valence-electron chi connectivity index (χ1n) is 14.0. The maximum atomic E-state index is 11.6. The van der Waals surface area contributed by atoms with Crippen molar-refractivity contribution in [1.82, 2.24) is 24.4 Å². The lowest BCUT2D eigenvalue weighted by atomic mass is 9.87. The number of aromatic nitrogens is 4. The number of likely N-dealkylation sites (tertiary alicyclic amines) is 1. The summed E-state index contributed by atoms with van der Waals surface area (Å²) in [5, 5.41) is 10.1. The summed E-state index contributed by atoms with van der Waals surface area (Å²) in [6.45, 7) is 3.90. The van der Waals surface area contributed by atoms with Gasteiger partial charge >= 0.3 is 5.97 Å². The van der Waals surface area contributed by atoms with E-state index in [-0.39, 0.29) is 17.9 Å². The van der Waals surface area contributed by atoms with Gasteiger partial charge in [0.05, 0.1) is 29.9 Å². The molecule has 2 saturated heterocycles. The lowest BCUT2D eigenvalue weighted by Crippen LogP contribution is -2.35. The number of pyridine rings is 2. The van der Waals surface area contributed by atoms with Gasteiger partial charge in [-0.2, -0.15) is 0 Å². The summed E-state index contributed by atoms with van der Waals surface area (Å²) in [5.74, 6) is 1.18. The minimum Gasteiger partial charge on any atom is -0.479 e. The number of imidazole rings is 1. The van der Waals surface area contributed by atoms with Crippen molar-refractivity contribution in [2.45, 2.75) is 50.5 Å². The number of hydrogen-bond acceptors (Lipinski definition) is 7. The Morgan fingerprint density at radius 1 is 1.07 bits per heavy atom. The molecule has 2 fully saturated rings. The molecule has 0 amide bonds. The van der Waals surface area contributed by atoms with Crippen LogP contribution in [0.4, 0.5) is 0 Å². The Morgan fingerprint density at radius 2 is 1.93 bits per heavy atom. The van der Waals surface area contributed by atoms with Crippen LogP contribution in [-0.4, -0.2) is 61.3 Å². The zero-order valence-electron chi connectivity index (χ0n) is 22.4. The predicted molar refractivity (Wildman–Crippen MR) is 154 cm³/mol. The average molecular weight is 572 g/mol. The highest BCUT2D eigenvalue weighted by Crippen LogP contribution is 2.41. The molecule has 1 N–H and O–H groups in total. The molecule has 3 aliphatic rings. The van der Waals surface area contributed by atoms with E-state index in [0.29, 0.717) is 35.2 Å². The maximum Gasteiger partial charge on any atom is 0.354 e. The summed E-state index contributed by atoms with van der Waals surface area (Å²) in [7, 11) is 0. The molecule has 210 valence electrons. The lowest BCUT2D eigenvalue weighted by molar-refractivity contribution is -0.0593. The minimum atomic E-state index is -1.04. The summed E-state index contributed by atoms with van der Waals surface area (Å²) in [6, 6.07) is 13.4. The Labute approximate surface area is 242 Å². The summed E-state index contributed by atoms with van der Waals surface area (Å²) < 4.78 is 14.3. The van der Waals surface area contributed by atoms with Crippen LogP contribution in [0, 0.1) is 0 Å². The lowest BCUT2D eigenvalue weighted by Gasteiger charge is -2.34. The smallest absolute Gasteiger partial charge is 0.354 e. The molecule has 0 saturated carbocycles. The highest BCUT2D eigenvalue weighted by molar-refractivity contribution is 6.30. The number of fused-ring (bicyclic) bond motifs is 2. The first-order chi connectivity index (χ1) is 20.0. The first kappa shape index (κ1) is 26.1. The number of benzene rings is 1. The molecular formula is C31H30ClN5O4. The van der Waals surface area contributed by atoms with Crippen molar-refractivity contribution in [2.24, 2.45) is 0 Å². The number of hydrogen-bond donors (Lipinski definition) is 1. The standard InChI is InChI=1S/C31H30ClN5O4/c32-21-5-6-24(33-16-21)27-9-4-20-2-1-3-23(29(20)41-27)19-10-13-36(14-11-19)18-28-34-25-7-8-26(31(38)39)35-30(25)37(28)17-22-12-15-40-22/h1-9,16,19,22,27H,10-15,17-18H2,(H,38,39)/t22-,27+/m0/s1. The second kappa shape index (κ2) is 10.9. The van der Waals surface area contributed by atoms with Crippen molar-refractivity contribution in [1.29, 1.82) is 0 Å². The number of carbonyl (C=O) groups is 1. The van der Waals surface area contributed by atoms with Crippen LogP contribution >= 0.6 is 11.6 Å². The summed E-state index contributed by atoms with van der Waals surface area (Å²) in [6.07, 6.45) is 8.66. The number of piperidine rings is 1. The van der Waals surface area contributed by atoms with Gasteiger partial charge in [0.25, 0.3) is 0 Å². The fourth-order valence-corrected chi connectivity index (χ4v) is 6.06. The minimum absolute atomic E-state index is 0.0258. The Bertz CT molecular complexity index is 1620. The molecule has 0 radical (unpaired) electrons. The van der Waals surface area contributed by atoms with Gasteiger partial charge in [-0.05, 0) is 74.2 Å². The Balaban J connectivity index is 1.07. The number of halogens is 1. The van der Waals surface area contributed by atoms with Crippen molar-refractivity contribution in [3.8, 4) is 5.75 Å². The van der Waals surface area contributed by atoms with Gasteiger partial charge in [0.15, 0.2) is 17.4 Å². The third-order valence-electron chi connectivity index (χ3n) is 8.28. The maximum absolute atomic E-state index is 11.6. The SMILES string of the molecule is O=C(O)c1ccc2nc(CN3CCC(c4cccc5c4O[C@@H](c4ccc(Cl)cn4)C=C5)CC3)n(C[C@@H]3CCO3)c2n1. The van der Waals surface area contributed by atoms with Crippen LogP contribution in [0.25, 0.3) is 17.2 Å². The number of para-hydroxylation sites is 1. The molecule has 2 atom stereocenters. The molecule has 10 heteroatoms. The van der Waals surface area contributed by atoms with Crippen LogP contribution < -0.4 is 4.74 Å². The van der Waals surface area contributed by atoms with E-state index in [1.807, 2.05) is 18.2 Å². The molecule has 0 bridgehead atoms. The molecule has 9 nitrogen and oxygen atoms in total. The van der Waals surface area contributed by atoms with Crippen molar-refractivity contribution in [2.75, 3.05) is 19.7 Å². The van der Waals surface area contributed by atoms with Gasteiger partial charge in [0.1, 0.15) is 17.1 Å². The number of carboxylic acid groups (broad SMARTS) is 1. The quantitative estimate of drug-likeness (QED) is 0.310. The number of carboxylic acids is 1. The van der Waals surface area contributed by atoms with E-state index in [0.717, 1.165) is 61.8 Å². The van der Waals surface area contributed by atoms with Crippen LogP contribution in [0.5, 0.6) is 5.75 Å². The van der Waals surface area contributed by atoms with Crippen LogP contribution in [0.1, 0.15) is 64.4 Å². The largest absolute Gasteiger partial charge is 0.479 e. The zero-order valence-corrected chi connectivity index (χ0v) is 23.2. The normalized spacial score (nSPS) is 20.9. The number of ether oxygens (including phenoxy) is 2. The van der Waals surface area contributed by atoms with Crippen molar-refractivity contribution in [3.05, 3.63) is 88.1 Å². The fourth-order valence-electron chi connectivity index (χ4n) is 5.95. The Morgan fingerprint density at radius 3 is 2.66 bits per heavy atom. The summed E-state index contributed by atoms with van der Waals surface area (Å²) in [5.41, 5.74) is 4.51. The van der Waals surface area contributed by atoms with Crippen LogP contribution in [0.15, 0.2) is 54.7 Å². The molecule has 0 unspecified atom stereocenters. The first-order valence-corrected chi connectivity index (χ1v) is 14.4. The molecule has 0 aliphatic carbocycles. The molecule has 3 aliphatic heterocycles. The van der Waals surface area contributed by atoms with E-state index in [4.69, 9.17) is 26.1 Å². The third kappa shape index (κ3) is 5.21. The summed E-state index contributed by atoms with van der Waals surface area (Å²) in [4.78, 5) is 27.7. The van der Waals surface area contributed by atoms with Gasteiger partial charge in [-0.3, -0.25) is 9.88 Å². The third-order valence-corrected chi connectivity index (χ3v) is 8.50. The van der Waals surface area contributed by atoms with Gasteiger partial charge in [-0.1, -0.05) is 35.9 Å². The van der Waals surface area contributed by atoms with E-state index < -0.39 is 5.97 Å². The van der Waals surface area contributed by atoms with E-state index >= 15 is 0 Å². The van der Waals surface area contributed by atoms with Gasteiger partial charge in [-0.15, -0.1) is 0 Å². The molecule has 7 rings (SSSR count). The highest BCUT2D eigenvalue weighted by Gasteiger charge is 2.29. The monoisotopic (exact) mass is 571 g/mol. The van der Waals surface area contributed by atoms with Gasteiger partial charge in [-0.25, -0.2) is 14.8 Å². The molecule has 0 spiro atoms. The molecule has 1 aromatic carbocycles. The molecule has 6 heterocycles. The molecule has 4 aromatic rings. The molecule has 41 heavy (non-hydrogen) atoms. The van der Waals surface area contributed by atoms with E-state index in [1.165, 1.54) is 11.6 Å². The second-order valence-electron chi connectivity index (χ2n) is 10.9. The number of nitrogens with zero attached hydrogens (tertiary/aromatic N) is 5. The topological polar surface area (TPSA) is 103 Å². The van der Waals surface area contributed by atoms with E-state index in [1.54, 1.807) is 12.3 Å². The number of aromatic carboxylic acids is 1. The van der Waals surface area contributed by atoms with Crippen LogP contribution in [0.3, 0.4) is 0 Å². The Hall–Kier alpha value is -3.79.